The van der Waals surface area contributed by atoms with Gasteiger partial charge in [-0.2, -0.15) is 0 Å². The number of carbonyl (C=O) groups is 1. The number of hydrogen-bond donors (Lipinski definition) is 1. The van der Waals surface area contributed by atoms with Gasteiger partial charge in [0.05, 0.1) is 29.1 Å². The number of aromatic nitrogens is 2. The number of fused-ring (bicyclic) bond motifs is 1. The molecule has 0 spiro atoms. The Labute approximate surface area is 166 Å². The molecule has 4 rings (SSSR count). The number of hydrogen-bond acceptors (Lipinski definition) is 4. The van der Waals surface area contributed by atoms with Crippen molar-refractivity contribution in [2.24, 2.45) is 0 Å². The Morgan fingerprint density at radius 2 is 2.14 bits per heavy atom. The molecule has 3 heterocycles. The first kappa shape index (κ1) is 18.7. The molecule has 1 fully saturated rings. The van der Waals surface area contributed by atoms with Crippen LogP contribution >= 0.6 is 11.6 Å². The van der Waals surface area contributed by atoms with Gasteiger partial charge in [-0.25, -0.2) is 9.37 Å². The van der Waals surface area contributed by atoms with Gasteiger partial charge >= 0.3 is 0 Å². The van der Waals surface area contributed by atoms with Crippen LogP contribution in [0.1, 0.15) is 34.8 Å². The maximum absolute atomic E-state index is 14.1. The Morgan fingerprint density at radius 1 is 1.36 bits per heavy atom. The SMILES string of the molecule is COc1cc2nc(C3CCOCC3)cn2cc1C(=O)Nc1cccc(Cl)c1F. The van der Waals surface area contributed by atoms with Crippen LogP contribution in [-0.2, 0) is 4.74 Å². The second-order valence-electron chi connectivity index (χ2n) is 6.63. The lowest BCUT2D eigenvalue weighted by Crippen LogP contribution is -2.15. The molecule has 6 nitrogen and oxygen atoms in total. The van der Waals surface area contributed by atoms with Crippen molar-refractivity contribution in [3.8, 4) is 5.75 Å². The number of methoxy groups -OCH3 is 1. The Kier molecular flexibility index (Phi) is 5.19. The van der Waals surface area contributed by atoms with E-state index in [9.17, 15) is 9.18 Å². The average Bonchev–Trinajstić information content (AvgIpc) is 3.14. The Balaban J connectivity index is 1.67. The predicted octanol–water partition coefficient (Wildman–Crippen LogP) is 4.28. The first-order chi connectivity index (χ1) is 13.6. The fourth-order valence-corrected chi connectivity index (χ4v) is 3.53. The van der Waals surface area contributed by atoms with Crippen molar-refractivity contribution in [1.82, 2.24) is 9.38 Å². The van der Waals surface area contributed by atoms with E-state index < -0.39 is 11.7 Å². The molecule has 1 saturated heterocycles. The lowest BCUT2D eigenvalue weighted by Gasteiger charge is -2.19. The minimum atomic E-state index is -0.679. The van der Waals surface area contributed by atoms with Gasteiger partial charge in [-0.3, -0.25) is 4.79 Å². The first-order valence-electron chi connectivity index (χ1n) is 8.96. The summed E-state index contributed by atoms with van der Waals surface area (Å²) in [4.78, 5) is 17.4. The molecule has 0 aliphatic carbocycles. The van der Waals surface area contributed by atoms with Crippen molar-refractivity contribution in [2.45, 2.75) is 18.8 Å². The van der Waals surface area contributed by atoms with Crippen LogP contribution in [0.4, 0.5) is 10.1 Å². The summed E-state index contributed by atoms with van der Waals surface area (Å²) in [5.74, 6) is -0.489. The maximum Gasteiger partial charge on any atom is 0.261 e. The lowest BCUT2D eigenvalue weighted by molar-refractivity contribution is 0.0846. The minimum Gasteiger partial charge on any atom is -0.496 e. The number of ether oxygens (including phenoxy) is 2. The van der Waals surface area contributed by atoms with Crippen LogP contribution in [0.3, 0.4) is 0 Å². The van der Waals surface area contributed by atoms with Gasteiger partial charge in [-0.1, -0.05) is 17.7 Å². The van der Waals surface area contributed by atoms with E-state index in [1.807, 2.05) is 6.20 Å². The fraction of sp³-hybridized carbons (Fsp3) is 0.300. The summed E-state index contributed by atoms with van der Waals surface area (Å²) in [5, 5.41) is 2.49. The van der Waals surface area contributed by atoms with Crippen LogP contribution in [0.15, 0.2) is 36.7 Å². The number of anilines is 1. The quantitative estimate of drug-likeness (QED) is 0.706. The summed E-state index contributed by atoms with van der Waals surface area (Å²) >= 11 is 5.78. The van der Waals surface area contributed by atoms with Crippen LogP contribution in [0, 0.1) is 5.82 Å². The smallest absolute Gasteiger partial charge is 0.261 e. The molecule has 2 aromatic heterocycles. The van der Waals surface area contributed by atoms with Crippen molar-refractivity contribution in [3.63, 3.8) is 0 Å². The standard InChI is InChI=1S/C20H19ClFN3O3/c1-27-17-9-18-23-16(12-5-7-28-8-6-12)11-25(18)10-13(17)20(26)24-15-4-2-3-14(21)19(15)22/h2-4,9-12H,5-8H2,1H3,(H,24,26). The third kappa shape index (κ3) is 3.55. The Bertz CT molecular complexity index is 1030. The van der Waals surface area contributed by atoms with Gasteiger partial charge in [-0.05, 0) is 25.0 Å². The third-order valence-electron chi connectivity index (χ3n) is 4.88. The lowest BCUT2D eigenvalue weighted by atomic mass is 9.97. The number of pyridine rings is 1. The van der Waals surface area contributed by atoms with E-state index in [0.717, 1.165) is 31.7 Å². The van der Waals surface area contributed by atoms with E-state index in [1.165, 1.54) is 19.2 Å². The Morgan fingerprint density at radius 3 is 2.89 bits per heavy atom. The number of benzene rings is 1. The zero-order chi connectivity index (χ0) is 19.7. The highest BCUT2D eigenvalue weighted by Gasteiger charge is 2.21. The van der Waals surface area contributed by atoms with Gasteiger partial charge < -0.3 is 19.2 Å². The topological polar surface area (TPSA) is 64.9 Å². The molecular weight excluding hydrogens is 385 g/mol. The highest BCUT2D eigenvalue weighted by atomic mass is 35.5. The second-order valence-corrected chi connectivity index (χ2v) is 7.04. The van der Waals surface area contributed by atoms with Gasteiger partial charge in [0.2, 0.25) is 0 Å². The number of nitrogens with one attached hydrogen (secondary N) is 1. The van der Waals surface area contributed by atoms with Crippen molar-refractivity contribution < 1.29 is 18.7 Å². The molecule has 1 aliphatic heterocycles. The summed E-state index contributed by atoms with van der Waals surface area (Å²) in [7, 11) is 1.48. The summed E-state index contributed by atoms with van der Waals surface area (Å²) in [6, 6.07) is 6.14. The maximum atomic E-state index is 14.1. The summed E-state index contributed by atoms with van der Waals surface area (Å²) in [6.45, 7) is 1.45. The molecule has 0 atom stereocenters. The molecule has 146 valence electrons. The number of imidazole rings is 1. The third-order valence-corrected chi connectivity index (χ3v) is 5.17. The van der Waals surface area contributed by atoms with E-state index in [1.54, 1.807) is 22.7 Å². The monoisotopic (exact) mass is 403 g/mol. The number of halogens is 2. The van der Waals surface area contributed by atoms with E-state index in [0.29, 0.717) is 17.3 Å². The summed E-state index contributed by atoms with van der Waals surface area (Å²) in [5.41, 5.74) is 1.92. The number of carbonyl (C=O) groups excluding carboxylic acids is 1. The van der Waals surface area contributed by atoms with E-state index in [4.69, 9.17) is 21.1 Å². The van der Waals surface area contributed by atoms with Gasteiger partial charge in [0.1, 0.15) is 11.4 Å². The summed E-state index contributed by atoms with van der Waals surface area (Å²) < 4.78 is 26.7. The number of amides is 1. The van der Waals surface area contributed by atoms with Crippen LogP contribution in [-0.4, -0.2) is 35.6 Å². The molecule has 0 bridgehead atoms. The van der Waals surface area contributed by atoms with Crippen molar-refractivity contribution in [3.05, 3.63) is 58.8 Å². The largest absolute Gasteiger partial charge is 0.496 e. The van der Waals surface area contributed by atoms with Crippen LogP contribution in [0.5, 0.6) is 5.75 Å². The van der Waals surface area contributed by atoms with Gasteiger partial charge in [-0.15, -0.1) is 0 Å². The molecule has 3 aromatic rings. The predicted molar refractivity (Wildman–Crippen MR) is 104 cm³/mol. The van der Waals surface area contributed by atoms with Crippen molar-refractivity contribution >= 4 is 28.8 Å². The zero-order valence-corrected chi connectivity index (χ0v) is 16.0. The highest BCUT2D eigenvalue weighted by Crippen LogP contribution is 2.29. The molecule has 1 amide bonds. The average molecular weight is 404 g/mol. The second kappa shape index (κ2) is 7.77. The zero-order valence-electron chi connectivity index (χ0n) is 15.2. The molecule has 0 unspecified atom stereocenters. The molecule has 0 saturated carbocycles. The van der Waals surface area contributed by atoms with Crippen molar-refractivity contribution in [1.29, 1.82) is 0 Å². The molecule has 28 heavy (non-hydrogen) atoms. The Hall–Kier alpha value is -2.64. The van der Waals surface area contributed by atoms with E-state index in [2.05, 4.69) is 10.3 Å². The molecule has 8 heteroatoms. The van der Waals surface area contributed by atoms with Crippen LogP contribution < -0.4 is 10.1 Å². The minimum absolute atomic E-state index is 0.00757. The number of nitrogens with zero attached hydrogens (tertiary/aromatic N) is 2. The van der Waals surface area contributed by atoms with Gasteiger partial charge in [0.25, 0.3) is 5.91 Å². The number of rotatable bonds is 4. The van der Waals surface area contributed by atoms with Gasteiger partial charge in [0, 0.05) is 37.6 Å². The van der Waals surface area contributed by atoms with Gasteiger partial charge in [0.15, 0.2) is 5.82 Å². The molecular formula is C20H19ClFN3O3. The highest BCUT2D eigenvalue weighted by molar-refractivity contribution is 6.31. The van der Waals surface area contributed by atoms with E-state index >= 15 is 0 Å². The van der Waals surface area contributed by atoms with Crippen molar-refractivity contribution in [2.75, 3.05) is 25.6 Å². The first-order valence-corrected chi connectivity index (χ1v) is 9.34. The normalized spacial score (nSPS) is 15.0. The molecule has 1 N–H and O–H groups in total. The molecule has 1 aliphatic rings. The fourth-order valence-electron chi connectivity index (χ4n) is 3.35. The summed E-state index contributed by atoms with van der Waals surface area (Å²) in [6.07, 6.45) is 5.40. The molecule has 0 radical (unpaired) electrons. The molecule has 1 aromatic carbocycles. The van der Waals surface area contributed by atoms with E-state index in [-0.39, 0.29) is 16.3 Å². The van der Waals surface area contributed by atoms with Crippen LogP contribution in [0.25, 0.3) is 5.65 Å². The van der Waals surface area contributed by atoms with Crippen LogP contribution in [0.2, 0.25) is 5.02 Å².